The number of benzene rings is 1. The number of nitrogens with zero attached hydrogens (tertiary/aromatic N) is 6. The Bertz CT molecular complexity index is 1000. The average molecular weight is 487 g/mol. The van der Waals surface area contributed by atoms with Gasteiger partial charge in [0.05, 0.1) is 12.5 Å². The van der Waals surface area contributed by atoms with E-state index >= 15 is 0 Å². The molecule has 0 bridgehead atoms. The number of halogens is 2. The number of piperazine rings is 2. The fourth-order valence-electron chi connectivity index (χ4n) is 5.02. The number of carbonyl (C=O) groups is 1. The zero-order chi connectivity index (χ0) is 24.2. The van der Waals surface area contributed by atoms with E-state index in [-0.39, 0.29) is 17.9 Å². The topological polar surface area (TPSA) is 65.0 Å². The van der Waals surface area contributed by atoms with Crippen LogP contribution in [0.4, 0.5) is 20.4 Å². The summed E-state index contributed by atoms with van der Waals surface area (Å²) in [6.45, 7) is 8.09. The molecule has 3 fully saturated rings. The highest BCUT2D eigenvalue weighted by atomic mass is 19.1. The van der Waals surface area contributed by atoms with Crippen molar-refractivity contribution in [1.29, 1.82) is 0 Å². The number of anilines is 2. The van der Waals surface area contributed by atoms with E-state index in [9.17, 15) is 13.6 Å². The molecule has 8 nitrogen and oxygen atoms in total. The highest BCUT2D eigenvalue weighted by Gasteiger charge is 2.25. The molecule has 1 aromatic carbocycles. The molecule has 0 N–H and O–H groups in total. The molecule has 35 heavy (non-hydrogen) atoms. The number of hydrogen-bond acceptors (Lipinski definition) is 7. The van der Waals surface area contributed by atoms with Crippen molar-refractivity contribution < 1.29 is 18.3 Å². The molecule has 5 rings (SSSR count). The highest BCUT2D eigenvalue weighted by Crippen LogP contribution is 2.20. The van der Waals surface area contributed by atoms with Gasteiger partial charge in [0, 0.05) is 71.6 Å². The Morgan fingerprint density at radius 2 is 1.57 bits per heavy atom. The van der Waals surface area contributed by atoms with Crippen molar-refractivity contribution in [3.05, 3.63) is 47.5 Å². The summed E-state index contributed by atoms with van der Waals surface area (Å²) in [7, 11) is 0. The molecular formula is C25H32F2N6O2. The van der Waals surface area contributed by atoms with E-state index in [0.717, 1.165) is 57.0 Å². The summed E-state index contributed by atoms with van der Waals surface area (Å²) in [5, 5.41) is 8.92. The van der Waals surface area contributed by atoms with Crippen molar-refractivity contribution in [2.24, 2.45) is 0 Å². The van der Waals surface area contributed by atoms with Crippen molar-refractivity contribution >= 4 is 17.5 Å². The summed E-state index contributed by atoms with van der Waals surface area (Å²) in [4.78, 5) is 21.2. The van der Waals surface area contributed by atoms with E-state index in [2.05, 4.69) is 24.9 Å². The number of aromatic nitrogens is 2. The van der Waals surface area contributed by atoms with Crippen LogP contribution in [-0.4, -0.2) is 97.5 Å². The molecule has 3 aliphatic rings. The first-order valence-electron chi connectivity index (χ1n) is 12.4. The van der Waals surface area contributed by atoms with Gasteiger partial charge in [-0.3, -0.25) is 9.69 Å². The van der Waals surface area contributed by atoms with Crippen LogP contribution < -0.4 is 9.80 Å². The van der Waals surface area contributed by atoms with Gasteiger partial charge in [-0.05, 0) is 36.6 Å². The molecule has 2 aromatic rings. The van der Waals surface area contributed by atoms with Crippen molar-refractivity contribution in [1.82, 2.24) is 20.0 Å². The summed E-state index contributed by atoms with van der Waals surface area (Å²) in [5.41, 5.74) is 0.216. The molecule has 4 heterocycles. The lowest BCUT2D eigenvalue weighted by molar-refractivity contribution is -0.130. The number of carbonyl (C=O) groups excluding carboxylic acids is 1. The second-order valence-corrected chi connectivity index (χ2v) is 9.45. The van der Waals surface area contributed by atoms with Gasteiger partial charge < -0.3 is 19.4 Å². The minimum atomic E-state index is -0.684. The summed E-state index contributed by atoms with van der Waals surface area (Å²) in [6, 6.07) is 7.34. The van der Waals surface area contributed by atoms with Gasteiger partial charge in [0.2, 0.25) is 5.91 Å². The number of hydrogen-bond donors (Lipinski definition) is 0. The van der Waals surface area contributed by atoms with Crippen LogP contribution in [0.2, 0.25) is 0 Å². The van der Waals surface area contributed by atoms with Crippen LogP contribution in [0.1, 0.15) is 18.4 Å². The first-order chi connectivity index (χ1) is 17.0. The fraction of sp³-hybridized carbons (Fsp3) is 0.560. The summed E-state index contributed by atoms with van der Waals surface area (Å²) >= 11 is 0. The lowest BCUT2D eigenvalue weighted by Crippen LogP contribution is -2.50. The monoisotopic (exact) mass is 486 g/mol. The first-order valence-corrected chi connectivity index (χ1v) is 12.4. The molecule has 0 saturated carbocycles. The van der Waals surface area contributed by atoms with E-state index < -0.39 is 11.6 Å². The van der Waals surface area contributed by atoms with Crippen LogP contribution >= 0.6 is 0 Å². The molecule has 188 valence electrons. The van der Waals surface area contributed by atoms with Crippen molar-refractivity contribution in [3.63, 3.8) is 0 Å². The molecule has 0 aliphatic carbocycles. The fourth-order valence-corrected chi connectivity index (χ4v) is 5.02. The molecule has 1 aromatic heterocycles. The summed E-state index contributed by atoms with van der Waals surface area (Å²) < 4.78 is 32.7. The van der Waals surface area contributed by atoms with Gasteiger partial charge in [0.1, 0.15) is 11.6 Å². The predicted octanol–water partition coefficient (Wildman–Crippen LogP) is 1.95. The Kier molecular flexibility index (Phi) is 7.38. The van der Waals surface area contributed by atoms with Gasteiger partial charge >= 0.3 is 0 Å². The second kappa shape index (κ2) is 10.8. The Morgan fingerprint density at radius 1 is 0.914 bits per heavy atom. The third-order valence-electron chi connectivity index (χ3n) is 7.13. The molecule has 0 spiro atoms. The quantitative estimate of drug-likeness (QED) is 0.619. The van der Waals surface area contributed by atoms with E-state index in [1.807, 2.05) is 12.1 Å². The van der Waals surface area contributed by atoms with Gasteiger partial charge in [-0.25, -0.2) is 8.78 Å². The van der Waals surface area contributed by atoms with Crippen LogP contribution in [0, 0.1) is 11.6 Å². The van der Waals surface area contributed by atoms with Gasteiger partial charge in [0.15, 0.2) is 11.6 Å². The van der Waals surface area contributed by atoms with Crippen molar-refractivity contribution in [3.8, 4) is 0 Å². The normalized spacial score (nSPS) is 21.5. The molecule has 1 unspecified atom stereocenters. The first kappa shape index (κ1) is 23.9. The maximum absolute atomic E-state index is 13.9. The molecule has 10 heteroatoms. The van der Waals surface area contributed by atoms with Gasteiger partial charge in [-0.1, -0.05) is 6.07 Å². The van der Waals surface area contributed by atoms with Crippen LogP contribution in [0.5, 0.6) is 0 Å². The minimum absolute atomic E-state index is 0.0679. The van der Waals surface area contributed by atoms with E-state index in [1.54, 1.807) is 4.90 Å². The van der Waals surface area contributed by atoms with Crippen LogP contribution in [0.3, 0.4) is 0 Å². The number of amides is 1. The summed E-state index contributed by atoms with van der Waals surface area (Å²) in [6.07, 6.45) is 2.66. The van der Waals surface area contributed by atoms with Gasteiger partial charge in [-0.2, -0.15) is 0 Å². The van der Waals surface area contributed by atoms with Crippen LogP contribution in [-0.2, 0) is 16.0 Å². The lowest BCUT2D eigenvalue weighted by Gasteiger charge is -2.37. The predicted molar refractivity (Wildman–Crippen MR) is 129 cm³/mol. The Labute approximate surface area is 204 Å². The average Bonchev–Trinajstić information content (AvgIpc) is 3.39. The zero-order valence-corrected chi connectivity index (χ0v) is 19.9. The third kappa shape index (κ3) is 5.87. The standard InChI is InChI=1S/C25H32F2N6O2/c26-20-4-3-19(22(27)17-20)16-25(34)33-13-11-32(12-14-33)24-6-5-23(28-29-24)31-9-7-30(8-10-31)18-21-2-1-15-35-21/h3-6,17,21H,1-2,7-16,18H2. The number of rotatable bonds is 6. The Balaban J connectivity index is 1.08. The minimum Gasteiger partial charge on any atom is -0.377 e. The Hall–Kier alpha value is -2.85. The molecule has 3 saturated heterocycles. The van der Waals surface area contributed by atoms with Gasteiger partial charge in [-0.15, -0.1) is 10.2 Å². The highest BCUT2D eigenvalue weighted by molar-refractivity contribution is 5.79. The number of ether oxygens (including phenoxy) is 1. The second-order valence-electron chi connectivity index (χ2n) is 9.45. The van der Waals surface area contributed by atoms with E-state index in [1.165, 1.54) is 25.0 Å². The van der Waals surface area contributed by atoms with E-state index in [4.69, 9.17) is 4.74 Å². The lowest BCUT2D eigenvalue weighted by atomic mass is 10.1. The van der Waals surface area contributed by atoms with Crippen LogP contribution in [0.15, 0.2) is 30.3 Å². The maximum atomic E-state index is 13.9. The molecular weight excluding hydrogens is 454 g/mol. The maximum Gasteiger partial charge on any atom is 0.227 e. The third-order valence-corrected chi connectivity index (χ3v) is 7.13. The van der Waals surface area contributed by atoms with Crippen LogP contribution in [0.25, 0.3) is 0 Å². The molecule has 1 atom stereocenters. The smallest absolute Gasteiger partial charge is 0.227 e. The van der Waals surface area contributed by atoms with Gasteiger partial charge in [0.25, 0.3) is 0 Å². The summed E-state index contributed by atoms with van der Waals surface area (Å²) in [5.74, 6) is 0.200. The van der Waals surface area contributed by atoms with Crippen molar-refractivity contribution in [2.45, 2.75) is 25.4 Å². The molecule has 3 aliphatic heterocycles. The Morgan fingerprint density at radius 3 is 2.14 bits per heavy atom. The largest absolute Gasteiger partial charge is 0.377 e. The van der Waals surface area contributed by atoms with Crippen molar-refractivity contribution in [2.75, 3.05) is 75.3 Å². The molecule has 1 amide bonds. The SMILES string of the molecule is O=C(Cc1ccc(F)cc1F)N1CCN(c2ccc(N3CCN(CC4CCCO4)CC3)nn2)CC1. The zero-order valence-electron chi connectivity index (χ0n) is 19.9. The molecule has 0 radical (unpaired) electrons. The van der Waals surface area contributed by atoms with E-state index in [0.29, 0.717) is 32.3 Å².